The molecule has 0 aromatic heterocycles. The molecule has 0 bridgehead atoms. The molecule has 0 heterocycles. The van der Waals surface area contributed by atoms with Gasteiger partial charge in [0.05, 0.1) is 5.92 Å². The third-order valence-corrected chi connectivity index (χ3v) is 3.03. The summed E-state index contributed by atoms with van der Waals surface area (Å²) in [6.45, 7) is 10.2. The molecule has 98 valence electrons. The van der Waals surface area contributed by atoms with Crippen LogP contribution in [0.1, 0.15) is 53.9 Å². The lowest BCUT2D eigenvalue weighted by atomic mass is 9.89. The zero-order valence-electron chi connectivity index (χ0n) is 11.8. The highest BCUT2D eigenvalue weighted by molar-refractivity contribution is 5.70. The van der Waals surface area contributed by atoms with Crippen molar-refractivity contribution in [3.05, 3.63) is 23.3 Å². The largest absolute Gasteiger partial charge is 0.481 e. The summed E-state index contributed by atoms with van der Waals surface area (Å²) in [7, 11) is 0. The summed E-state index contributed by atoms with van der Waals surface area (Å²) >= 11 is 0. The van der Waals surface area contributed by atoms with Gasteiger partial charge in [-0.3, -0.25) is 4.79 Å². The quantitative estimate of drug-likeness (QED) is 0.666. The highest BCUT2D eigenvalue weighted by Gasteiger charge is 2.20. The Hall–Kier alpha value is -1.05. The minimum absolute atomic E-state index is 0.115. The number of carboxylic acid groups (broad SMARTS) is 1. The van der Waals surface area contributed by atoms with Crippen LogP contribution in [0.3, 0.4) is 0 Å². The van der Waals surface area contributed by atoms with E-state index in [2.05, 4.69) is 32.9 Å². The third kappa shape index (κ3) is 6.98. The summed E-state index contributed by atoms with van der Waals surface area (Å²) in [5.74, 6) is -0.828. The van der Waals surface area contributed by atoms with Crippen LogP contribution in [-0.2, 0) is 4.79 Å². The van der Waals surface area contributed by atoms with Gasteiger partial charge in [-0.25, -0.2) is 0 Å². The van der Waals surface area contributed by atoms with Crippen molar-refractivity contribution in [3.63, 3.8) is 0 Å². The number of rotatable bonds is 7. The smallest absolute Gasteiger partial charge is 0.307 e. The molecule has 0 aliphatic heterocycles. The number of hydrogen-bond acceptors (Lipinski definition) is 1. The summed E-state index contributed by atoms with van der Waals surface area (Å²) in [6, 6.07) is 0. The van der Waals surface area contributed by atoms with Gasteiger partial charge < -0.3 is 5.11 Å². The fourth-order valence-corrected chi connectivity index (χ4v) is 2.01. The van der Waals surface area contributed by atoms with E-state index in [9.17, 15) is 4.79 Å². The third-order valence-electron chi connectivity index (χ3n) is 3.03. The second-order valence-corrected chi connectivity index (χ2v) is 5.05. The van der Waals surface area contributed by atoms with E-state index in [1.165, 1.54) is 11.1 Å². The lowest BCUT2D eigenvalue weighted by molar-refractivity contribution is -0.142. The fourth-order valence-electron chi connectivity index (χ4n) is 2.01. The van der Waals surface area contributed by atoms with Crippen LogP contribution in [0.15, 0.2) is 23.3 Å². The zero-order chi connectivity index (χ0) is 13.4. The molecule has 1 N–H and O–H groups in total. The molecule has 2 atom stereocenters. The van der Waals surface area contributed by atoms with E-state index in [1.807, 2.05) is 13.8 Å². The van der Waals surface area contributed by atoms with Crippen molar-refractivity contribution in [1.29, 1.82) is 0 Å². The van der Waals surface area contributed by atoms with Gasteiger partial charge in [-0.2, -0.15) is 0 Å². The van der Waals surface area contributed by atoms with Crippen molar-refractivity contribution in [2.75, 3.05) is 0 Å². The van der Waals surface area contributed by atoms with Crippen LogP contribution in [0.4, 0.5) is 0 Å². The van der Waals surface area contributed by atoms with Crippen molar-refractivity contribution in [2.45, 2.75) is 53.9 Å². The van der Waals surface area contributed by atoms with Crippen molar-refractivity contribution >= 4 is 5.97 Å². The first kappa shape index (κ1) is 16.0. The highest BCUT2D eigenvalue weighted by atomic mass is 16.4. The normalized spacial score (nSPS) is 15.2. The van der Waals surface area contributed by atoms with Gasteiger partial charge in [-0.05, 0) is 46.0 Å². The van der Waals surface area contributed by atoms with Crippen LogP contribution < -0.4 is 0 Å². The van der Waals surface area contributed by atoms with E-state index in [-0.39, 0.29) is 11.8 Å². The number of allylic oxidation sites excluding steroid dienone is 4. The topological polar surface area (TPSA) is 37.3 Å². The van der Waals surface area contributed by atoms with Gasteiger partial charge in [-0.1, -0.05) is 37.1 Å². The maximum Gasteiger partial charge on any atom is 0.307 e. The SMILES string of the molecule is CCC(C(=O)O)C(C)C=C(C)CCC=C(C)C. The van der Waals surface area contributed by atoms with Gasteiger partial charge in [0.1, 0.15) is 0 Å². The van der Waals surface area contributed by atoms with Crippen LogP contribution in [-0.4, -0.2) is 11.1 Å². The van der Waals surface area contributed by atoms with Crippen LogP contribution in [0, 0.1) is 11.8 Å². The molecule has 0 saturated carbocycles. The molecule has 2 unspecified atom stereocenters. The summed E-state index contributed by atoms with van der Waals surface area (Å²) in [5, 5.41) is 9.07. The first-order valence-corrected chi connectivity index (χ1v) is 6.41. The molecule has 17 heavy (non-hydrogen) atoms. The maximum atomic E-state index is 11.0. The molecular weight excluding hydrogens is 212 g/mol. The molecule has 0 spiro atoms. The maximum absolute atomic E-state index is 11.0. The van der Waals surface area contributed by atoms with Crippen molar-refractivity contribution in [2.24, 2.45) is 11.8 Å². The summed E-state index contributed by atoms with van der Waals surface area (Å²) < 4.78 is 0. The van der Waals surface area contributed by atoms with Gasteiger partial charge in [0.15, 0.2) is 0 Å². The molecular formula is C15H26O2. The first-order chi connectivity index (χ1) is 7.88. The summed E-state index contributed by atoms with van der Waals surface area (Å²) in [4.78, 5) is 11.0. The summed E-state index contributed by atoms with van der Waals surface area (Å²) in [5.41, 5.74) is 2.62. The van der Waals surface area contributed by atoms with Gasteiger partial charge in [0.2, 0.25) is 0 Å². The lowest BCUT2D eigenvalue weighted by Crippen LogP contribution is -2.19. The van der Waals surface area contributed by atoms with Crippen molar-refractivity contribution in [3.8, 4) is 0 Å². The Morgan fingerprint density at radius 1 is 1.29 bits per heavy atom. The van der Waals surface area contributed by atoms with Crippen LogP contribution in [0.5, 0.6) is 0 Å². The summed E-state index contributed by atoms with van der Waals surface area (Å²) in [6.07, 6.45) is 7.08. The van der Waals surface area contributed by atoms with Crippen LogP contribution >= 0.6 is 0 Å². The average molecular weight is 238 g/mol. The monoisotopic (exact) mass is 238 g/mol. The van der Waals surface area contributed by atoms with E-state index in [4.69, 9.17) is 5.11 Å². The molecule has 0 amide bonds. The molecule has 0 aromatic rings. The van der Waals surface area contributed by atoms with Crippen LogP contribution in [0.25, 0.3) is 0 Å². The minimum atomic E-state index is -0.687. The van der Waals surface area contributed by atoms with E-state index in [0.29, 0.717) is 6.42 Å². The van der Waals surface area contributed by atoms with E-state index < -0.39 is 5.97 Å². The van der Waals surface area contributed by atoms with Gasteiger partial charge in [-0.15, -0.1) is 0 Å². The van der Waals surface area contributed by atoms with E-state index >= 15 is 0 Å². The Bertz CT molecular complexity index is 296. The lowest BCUT2D eigenvalue weighted by Gasteiger charge is -2.16. The first-order valence-electron chi connectivity index (χ1n) is 6.41. The molecule has 2 heteroatoms. The molecule has 0 aliphatic rings. The molecule has 0 rings (SSSR count). The molecule has 2 nitrogen and oxygen atoms in total. The predicted molar refractivity (Wildman–Crippen MR) is 73.0 cm³/mol. The van der Waals surface area contributed by atoms with Crippen molar-refractivity contribution in [1.82, 2.24) is 0 Å². The Kier molecular flexibility index (Phi) is 7.60. The Balaban J connectivity index is 4.35. The van der Waals surface area contributed by atoms with Gasteiger partial charge in [0.25, 0.3) is 0 Å². The standard InChI is InChI=1S/C15H26O2/c1-6-14(15(16)17)13(5)10-12(4)9-7-8-11(2)3/h8,10,13-14H,6-7,9H2,1-5H3,(H,16,17). The van der Waals surface area contributed by atoms with Crippen molar-refractivity contribution < 1.29 is 9.90 Å². The predicted octanol–water partition coefficient (Wildman–Crippen LogP) is 4.43. The highest BCUT2D eigenvalue weighted by Crippen LogP contribution is 2.20. The van der Waals surface area contributed by atoms with E-state index in [0.717, 1.165) is 12.8 Å². The number of carboxylic acids is 1. The van der Waals surface area contributed by atoms with Gasteiger partial charge in [0, 0.05) is 0 Å². The van der Waals surface area contributed by atoms with Crippen LogP contribution in [0.2, 0.25) is 0 Å². The Morgan fingerprint density at radius 3 is 2.29 bits per heavy atom. The average Bonchev–Trinajstić information content (AvgIpc) is 2.16. The molecule has 0 radical (unpaired) electrons. The second kappa shape index (κ2) is 8.10. The molecule has 0 aromatic carbocycles. The Morgan fingerprint density at radius 2 is 1.88 bits per heavy atom. The minimum Gasteiger partial charge on any atom is -0.481 e. The molecule has 0 saturated heterocycles. The van der Waals surface area contributed by atoms with Gasteiger partial charge >= 0.3 is 5.97 Å². The molecule has 0 fully saturated rings. The zero-order valence-corrected chi connectivity index (χ0v) is 11.8. The fraction of sp³-hybridized carbons (Fsp3) is 0.667. The number of aliphatic carboxylic acids is 1. The Labute approximate surface area is 105 Å². The molecule has 0 aliphatic carbocycles. The number of carbonyl (C=O) groups is 1. The van der Waals surface area contributed by atoms with E-state index in [1.54, 1.807) is 0 Å². The second-order valence-electron chi connectivity index (χ2n) is 5.05. The number of hydrogen-bond donors (Lipinski definition) is 1.